The van der Waals surface area contributed by atoms with Crippen molar-refractivity contribution in [3.8, 4) is 11.3 Å². The number of anilines is 1. The summed E-state index contributed by atoms with van der Waals surface area (Å²) in [7, 11) is 3.92. The number of halogens is 1. The van der Waals surface area contributed by atoms with E-state index >= 15 is 0 Å². The van der Waals surface area contributed by atoms with Gasteiger partial charge in [-0.15, -0.1) is 0 Å². The molecule has 0 saturated carbocycles. The van der Waals surface area contributed by atoms with Crippen molar-refractivity contribution < 1.29 is 0 Å². The van der Waals surface area contributed by atoms with Crippen molar-refractivity contribution in [3.63, 3.8) is 0 Å². The molecule has 0 unspecified atom stereocenters. The lowest BCUT2D eigenvalue weighted by Crippen LogP contribution is -2.10. The van der Waals surface area contributed by atoms with Gasteiger partial charge in [0.15, 0.2) is 5.82 Å². The van der Waals surface area contributed by atoms with E-state index in [9.17, 15) is 0 Å². The van der Waals surface area contributed by atoms with Gasteiger partial charge in [-0.05, 0) is 23.7 Å². The van der Waals surface area contributed by atoms with Crippen LogP contribution in [0.1, 0.15) is 0 Å². The molecule has 3 aromatic heterocycles. The van der Waals surface area contributed by atoms with Crippen LogP contribution >= 0.6 is 11.6 Å². The maximum Gasteiger partial charge on any atom is 0.222 e. The van der Waals surface area contributed by atoms with Crippen LogP contribution in [0.4, 0.5) is 5.82 Å². The van der Waals surface area contributed by atoms with Crippen LogP contribution in [-0.4, -0.2) is 34.0 Å². The minimum Gasteiger partial charge on any atom is -0.361 e. The van der Waals surface area contributed by atoms with Crippen molar-refractivity contribution in [2.45, 2.75) is 0 Å². The fourth-order valence-corrected chi connectivity index (χ4v) is 2.22. The lowest BCUT2D eigenvalue weighted by Gasteiger charge is -2.11. The Bertz CT molecular complexity index is 735. The quantitative estimate of drug-likeness (QED) is 0.730. The van der Waals surface area contributed by atoms with Gasteiger partial charge in [0.2, 0.25) is 5.28 Å². The summed E-state index contributed by atoms with van der Waals surface area (Å²) in [6, 6.07) is 3.80. The second kappa shape index (κ2) is 4.51. The first-order valence-electron chi connectivity index (χ1n) is 5.79. The number of aromatic nitrogens is 4. The molecule has 0 aliphatic heterocycles. The largest absolute Gasteiger partial charge is 0.361 e. The Morgan fingerprint density at radius 3 is 2.68 bits per heavy atom. The number of rotatable bonds is 2. The third-order valence-corrected chi connectivity index (χ3v) is 3.09. The first-order valence-corrected chi connectivity index (χ1v) is 6.17. The standard InChI is InChI=1S/C13H12ClN5/c1-19(2)12-11-8(3-5-15-12)9(7-17-11)10-4-6-16-13(14)18-10/h3-7,17H,1-2H3. The summed E-state index contributed by atoms with van der Waals surface area (Å²) in [5, 5.41) is 1.31. The van der Waals surface area contributed by atoms with Crippen LogP contribution in [0.15, 0.2) is 30.7 Å². The zero-order valence-corrected chi connectivity index (χ0v) is 11.3. The van der Waals surface area contributed by atoms with E-state index in [1.54, 1.807) is 12.4 Å². The summed E-state index contributed by atoms with van der Waals surface area (Å²) in [5.74, 6) is 0.893. The van der Waals surface area contributed by atoms with Crippen LogP contribution in [0.3, 0.4) is 0 Å². The average Bonchev–Trinajstić information content (AvgIpc) is 2.82. The first kappa shape index (κ1) is 11.9. The topological polar surface area (TPSA) is 57.7 Å². The molecule has 0 aliphatic rings. The summed E-state index contributed by atoms with van der Waals surface area (Å²) < 4.78 is 0. The molecule has 0 fully saturated rings. The van der Waals surface area contributed by atoms with Gasteiger partial charge in [-0.25, -0.2) is 15.0 Å². The Kier molecular flexibility index (Phi) is 2.83. The molecule has 0 atom stereocenters. The minimum absolute atomic E-state index is 0.244. The lowest BCUT2D eigenvalue weighted by atomic mass is 10.1. The highest BCUT2D eigenvalue weighted by atomic mass is 35.5. The molecule has 3 heterocycles. The van der Waals surface area contributed by atoms with E-state index in [0.717, 1.165) is 28.0 Å². The molecule has 0 amide bonds. The molecule has 0 spiro atoms. The van der Waals surface area contributed by atoms with E-state index in [1.165, 1.54) is 0 Å². The Balaban J connectivity index is 2.24. The minimum atomic E-state index is 0.244. The normalized spacial score (nSPS) is 10.9. The summed E-state index contributed by atoms with van der Waals surface area (Å²) in [6.07, 6.45) is 5.35. The van der Waals surface area contributed by atoms with Gasteiger partial charge in [0.05, 0.1) is 11.2 Å². The molecular weight excluding hydrogens is 262 g/mol. The highest BCUT2D eigenvalue weighted by molar-refractivity contribution is 6.28. The van der Waals surface area contributed by atoms with E-state index in [4.69, 9.17) is 11.6 Å². The molecule has 0 aromatic carbocycles. The van der Waals surface area contributed by atoms with Crippen molar-refractivity contribution in [3.05, 3.63) is 36.0 Å². The Morgan fingerprint density at radius 2 is 1.95 bits per heavy atom. The summed E-state index contributed by atoms with van der Waals surface area (Å²) >= 11 is 5.84. The van der Waals surface area contributed by atoms with Crippen LogP contribution in [0.25, 0.3) is 22.2 Å². The fourth-order valence-electron chi connectivity index (χ4n) is 2.08. The van der Waals surface area contributed by atoms with Crippen LogP contribution in [0, 0.1) is 0 Å². The van der Waals surface area contributed by atoms with Gasteiger partial charge < -0.3 is 9.88 Å². The van der Waals surface area contributed by atoms with Crippen molar-refractivity contribution in [2.75, 3.05) is 19.0 Å². The predicted molar refractivity (Wildman–Crippen MR) is 76.5 cm³/mol. The van der Waals surface area contributed by atoms with E-state index in [-0.39, 0.29) is 5.28 Å². The maximum atomic E-state index is 5.84. The molecule has 6 heteroatoms. The molecule has 0 radical (unpaired) electrons. The molecule has 96 valence electrons. The third kappa shape index (κ3) is 2.02. The maximum absolute atomic E-state index is 5.84. The smallest absolute Gasteiger partial charge is 0.222 e. The molecule has 3 aromatic rings. The molecule has 0 aliphatic carbocycles. The fraction of sp³-hybridized carbons (Fsp3) is 0.154. The first-order chi connectivity index (χ1) is 9.16. The monoisotopic (exact) mass is 273 g/mol. The number of H-pyrrole nitrogens is 1. The average molecular weight is 274 g/mol. The van der Waals surface area contributed by atoms with E-state index in [1.807, 2.05) is 37.3 Å². The van der Waals surface area contributed by atoms with Gasteiger partial charge in [-0.3, -0.25) is 0 Å². The second-order valence-electron chi connectivity index (χ2n) is 4.36. The van der Waals surface area contributed by atoms with Crippen molar-refractivity contribution in [2.24, 2.45) is 0 Å². The van der Waals surface area contributed by atoms with Gasteiger partial charge in [-0.2, -0.15) is 0 Å². The van der Waals surface area contributed by atoms with Gasteiger partial charge in [-0.1, -0.05) is 0 Å². The predicted octanol–water partition coefficient (Wildman–Crippen LogP) is 2.74. The number of aromatic amines is 1. The number of hydrogen-bond acceptors (Lipinski definition) is 4. The van der Waals surface area contributed by atoms with E-state index < -0.39 is 0 Å². The van der Waals surface area contributed by atoms with Crippen LogP contribution in [-0.2, 0) is 0 Å². The van der Waals surface area contributed by atoms with Gasteiger partial charge >= 0.3 is 0 Å². The number of fused-ring (bicyclic) bond motifs is 1. The number of pyridine rings is 1. The summed E-state index contributed by atoms with van der Waals surface area (Å²) in [4.78, 5) is 17.7. The molecule has 5 nitrogen and oxygen atoms in total. The highest BCUT2D eigenvalue weighted by Gasteiger charge is 2.12. The molecule has 1 N–H and O–H groups in total. The molecular formula is C13H12ClN5. The lowest BCUT2D eigenvalue weighted by molar-refractivity contribution is 1.08. The number of nitrogens with one attached hydrogen (secondary N) is 1. The number of nitrogens with zero attached hydrogens (tertiary/aromatic N) is 4. The second-order valence-corrected chi connectivity index (χ2v) is 4.70. The zero-order valence-electron chi connectivity index (χ0n) is 10.6. The SMILES string of the molecule is CN(C)c1nccc2c(-c3ccnc(Cl)n3)c[nH]c12. The van der Waals surface area contributed by atoms with Gasteiger partial charge in [0.1, 0.15) is 0 Å². The number of hydrogen-bond donors (Lipinski definition) is 1. The Hall–Kier alpha value is -2.14. The molecule has 3 rings (SSSR count). The van der Waals surface area contributed by atoms with E-state index in [0.29, 0.717) is 0 Å². The Morgan fingerprint density at radius 1 is 1.16 bits per heavy atom. The molecule has 19 heavy (non-hydrogen) atoms. The highest BCUT2D eigenvalue weighted by Crippen LogP contribution is 2.31. The van der Waals surface area contributed by atoms with Crippen molar-refractivity contribution in [1.82, 2.24) is 19.9 Å². The van der Waals surface area contributed by atoms with E-state index in [2.05, 4.69) is 19.9 Å². The molecule has 0 saturated heterocycles. The van der Waals surface area contributed by atoms with Crippen molar-refractivity contribution >= 4 is 28.3 Å². The van der Waals surface area contributed by atoms with Crippen LogP contribution < -0.4 is 4.90 Å². The zero-order chi connectivity index (χ0) is 13.4. The molecule has 0 bridgehead atoms. The third-order valence-electron chi connectivity index (χ3n) is 2.91. The van der Waals surface area contributed by atoms with Gasteiger partial charge in [0.25, 0.3) is 0 Å². The van der Waals surface area contributed by atoms with Crippen LogP contribution in [0.5, 0.6) is 0 Å². The summed E-state index contributed by atoms with van der Waals surface area (Å²) in [6.45, 7) is 0. The van der Waals surface area contributed by atoms with Crippen molar-refractivity contribution in [1.29, 1.82) is 0 Å². The van der Waals surface area contributed by atoms with Gasteiger partial charge in [0, 0.05) is 43.6 Å². The van der Waals surface area contributed by atoms with Crippen LogP contribution in [0.2, 0.25) is 5.28 Å². The summed E-state index contributed by atoms with van der Waals surface area (Å²) in [5.41, 5.74) is 2.77. The Labute approximate surface area is 115 Å².